The van der Waals surface area contributed by atoms with Crippen molar-refractivity contribution in [1.82, 2.24) is 9.62 Å². The molecule has 1 aliphatic heterocycles. The number of sulfonamides is 1. The van der Waals surface area contributed by atoms with Gasteiger partial charge >= 0.3 is 0 Å². The van der Waals surface area contributed by atoms with E-state index in [0.29, 0.717) is 36.7 Å². The summed E-state index contributed by atoms with van der Waals surface area (Å²) >= 11 is 1.20. The van der Waals surface area contributed by atoms with Crippen LogP contribution in [0, 0.1) is 5.92 Å². The number of ether oxygens (including phenoxy) is 1. The molecule has 1 fully saturated rings. The normalized spacial score (nSPS) is 17.7. The molecule has 3 aromatic rings. The van der Waals surface area contributed by atoms with Gasteiger partial charge in [0.15, 0.2) is 0 Å². The number of rotatable bonds is 7. The van der Waals surface area contributed by atoms with Gasteiger partial charge in [-0.15, -0.1) is 11.3 Å². The second kappa shape index (κ2) is 9.16. The molecule has 0 aliphatic carbocycles. The van der Waals surface area contributed by atoms with Crippen molar-refractivity contribution in [3.05, 3.63) is 60.0 Å². The van der Waals surface area contributed by atoms with Crippen LogP contribution in [0.1, 0.15) is 12.8 Å². The SMILES string of the molecule is O=C(NCCOc1cccc2ccccc12)[C@H]1CCCN(S(=O)(=O)c2cccs2)C1. The number of nitrogens with one attached hydrogen (secondary N) is 1. The average molecular weight is 445 g/mol. The summed E-state index contributed by atoms with van der Waals surface area (Å²) < 4.78 is 33.1. The number of amides is 1. The molecule has 1 N–H and O–H groups in total. The zero-order chi connectivity index (χ0) is 21.0. The van der Waals surface area contributed by atoms with E-state index in [0.717, 1.165) is 16.5 Å². The molecule has 1 aliphatic rings. The number of nitrogens with zero attached hydrogens (tertiary/aromatic N) is 1. The quantitative estimate of drug-likeness (QED) is 0.566. The van der Waals surface area contributed by atoms with Crippen LogP contribution in [0.2, 0.25) is 0 Å². The van der Waals surface area contributed by atoms with Gasteiger partial charge in [0.25, 0.3) is 10.0 Å². The highest BCUT2D eigenvalue weighted by Crippen LogP contribution is 2.27. The van der Waals surface area contributed by atoms with E-state index in [1.165, 1.54) is 15.6 Å². The fourth-order valence-corrected chi connectivity index (χ4v) is 6.38. The van der Waals surface area contributed by atoms with Gasteiger partial charge in [-0.05, 0) is 35.7 Å². The Kier molecular flexibility index (Phi) is 6.36. The third-order valence-electron chi connectivity index (χ3n) is 5.25. The number of fused-ring (bicyclic) bond motifs is 1. The van der Waals surface area contributed by atoms with E-state index in [1.807, 2.05) is 42.5 Å². The van der Waals surface area contributed by atoms with Gasteiger partial charge in [0, 0.05) is 18.5 Å². The number of benzene rings is 2. The highest BCUT2D eigenvalue weighted by molar-refractivity contribution is 7.91. The zero-order valence-corrected chi connectivity index (χ0v) is 18.1. The van der Waals surface area contributed by atoms with E-state index < -0.39 is 10.0 Å². The minimum absolute atomic E-state index is 0.123. The molecular weight excluding hydrogens is 420 g/mol. The average Bonchev–Trinajstić information content (AvgIpc) is 3.33. The van der Waals surface area contributed by atoms with Crippen molar-refractivity contribution in [2.45, 2.75) is 17.1 Å². The van der Waals surface area contributed by atoms with Crippen molar-refractivity contribution in [2.24, 2.45) is 5.92 Å². The van der Waals surface area contributed by atoms with Crippen molar-refractivity contribution < 1.29 is 17.9 Å². The highest BCUT2D eigenvalue weighted by Gasteiger charge is 2.33. The molecule has 4 rings (SSSR count). The Labute approximate surface area is 180 Å². The largest absolute Gasteiger partial charge is 0.491 e. The molecule has 8 heteroatoms. The number of hydrogen-bond acceptors (Lipinski definition) is 5. The van der Waals surface area contributed by atoms with Crippen molar-refractivity contribution in [3.63, 3.8) is 0 Å². The van der Waals surface area contributed by atoms with Crippen LogP contribution in [0.25, 0.3) is 10.8 Å². The first-order valence-electron chi connectivity index (χ1n) is 9.97. The molecule has 0 radical (unpaired) electrons. The molecule has 1 aromatic heterocycles. The number of piperidine rings is 1. The summed E-state index contributed by atoms with van der Waals surface area (Å²) in [6, 6.07) is 17.2. The molecule has 0 bridgehead atoms. The Morgan fingerprint density at radius 2 is 1.97 bits per heavy atom. The fourth-order valence-electron chi connectivity index (χ4n) is 3.71. The minimum atomic E-state index is -3.52. The first kappa shape index (κ1) is 20.8. The van der Waals surface area contributed by atoms with Gasteiger partial charge in [0.05, 0.1) is 12.5 Å². The number of carbonyl (C=O) groups is 1. The molecule has 0 spiro atoms. The maximum Gasteiger partial charge on any atom is 0.252 e. The first-order valence-corrected chi connectivity index (χ1v) is 12.3. The van der Waals surface area contributed by atoms with Crippen LogP contribution in [0.5, 0.6) is 5.75 Å². The van der Waals surface area contributed by atoms with Crippen molar-refractivity contribution >= 4 is 38.0 Å². The van der Waals surface area contributed by atoms with Crippen LogP contribution < -0.4 is 10.1 Å². The predicted molar refractivity (Wildman–Crippen MR) is 118 cm³/mol. The predicted octanol–water partition coefficient (Wildman–Crippen LogP) is 3.50. The standard InChI is InChI=1S/C22H24N2O4S2/c25-22(18-8-4-13-24(16-18)30(26,27)21-11-5-15-29-21)23-12-14-28-20-10-3-7-17-6-1-2-9-19(17)20/h1-3,5-7,9-11,15,18H,4,8,12-14,16H2,(H,23,25)/t18-/m0/s1. The Morgan fingerprint density at radius 3 is 2.80 bits per heavy atom. The Morgan fingerprint density at radius 1 is 1.13 bits per heavy atom. The molecule has 158 valence electrons. The number of hydrogen-bond donors (Lipinski definition) is 1. The molecule has 1 saturated heterocycles. The van der Waals surface area contributed by atoms with Gasteiger partial charge in [-0.3, -0.25) is 4.79 Å². The smallest absolute Gasteiger partial charge is 0.252 e. The monoisotopic (exact) mass is 444 g/mol. The summed E-state index contributed by atoms with van der Waals surface area (Å²) in [5.74, 6) is 0.321. The zero-order valence-electron chi connectivity index (χ0n) is 16.5. The molecular formula is C22H24N2O4S2. The molecule has 2 aromatic carbocycles. The first-order chi connectivity index (χ1) is 14.6. The van der Waals surface area contributed by atoms with Crippen LogP contribution in [0.15, 0.2) is 64.2 Å². The number of thiophene rings is 1. The minimum Gasteiger partial charge on any atom is -0.491 e. The number of carbonyl (C=O) groups excluding carboxylic acids is 1. The van der Waals surface area contributed by atoms with Crippen LogP contribution in [0.4, 0.5) is 0 Å². The van der Waals surface area contributed by atoms with Crippen LogP contribution in [-0.2, 0) is 14.8 Å². The van der Waals surface area contributed by atoms with E-state index in [1.54, 1.807) is 17.5 Å². The van der Waals surface area contributed by atoms with Gasteiger partial charge in [-0.25, -0.2) is 8.42 Å². The molecule has 0 unspecified atom stereocenters. The maximum atomic E-state index is 12.7. The summed E-state index contributed by atoms with van der Waals surface area (Å²) in [6.45, 7) is 1.39. The third kappa shape index (κ3) is 4.50. The molecule has 1 amide bonds. The van der Waals surface area contributed by atoms with Crippen molar-refractivity contribution in [3.8, 4) is 5.75 Å². The Balaban J connectivity index is 1.30. The van der Waals surface area contributed by atoms with Crippen LogP contribution >= 0.6 is 11.3 Å². The van der Waals surface area contributed by atoms with Gasteiger partial charge in [0.2, 0.25) is 5.91 Å². The second-order valence-electron chi connectivity index (χ2n) is 7.25. The van der Waals surface area contributed by atoms with E-state index >= 15 is 0 Å². The van der Waals surface area contributed by atoms with E-state index in [-0.39, 0.29) is 18.4 Å². The van der Waals surface area contributed by atoms with Crippen LogP contribution in [0.3, 0.4) is 0 Å². The van der Waals surface area contributed by atoms with E-state index in [2.05, 4.69) is 5.32 Å². The summed E-state index contributed by atoms with van der Waals surface area (Å²) in [5, 5.41) is 6.78. The van der Waals surface area contributed by atoms with Crippen LogP contribution in [-0.4, -0.2) is 44.9 Å². The summed E-state index contributed by atoms with van der Waals surface area (Å²) in [6.07, 6.45) is 1.36. The Bertz CT molecular complexity index is 1110. The summed E-state index contributed by atoms with van der Waals surface area (Å²) in [4.78, 5) is 12.6. The summed E-state index contributed by atoms with van der Waals surface area (Å²) in [7, 11) is -3.52. The molecule has 0 saturated carbocycles. The van der Waals surface area contributed by atoms with Crippen molar-refractivity contribution in [1.29, 1.82) is 0 Å². The highest BCUT2D eigenvalue weighted by atomic mass is 32.2. The van der Waals surface area contributed by atoms with E-state index in [9.17, 15) is 13.2 Å². The fraction of sp³-hybridized carbons (Fsp3) is 0.318. The maximum absolute atomic E-state index is 12.7. The van der Waals surface area contributed by atoms with Gasteiger partial charge in [-0.1, -0.05) is 42.5 Å². The molecule has 30 heavy (non-hydrogen) atoms. The van der Waals surface area contributed by atoms with Gasteiger partial charge < -0.3 is 10.1 Å². The van der Waals surface area contributed by atoms with Gasteiger partial charge in [0.1, 0.15) is 16.6 Å². The molecule has 1 atom stereocenters. The van der Waals surface area contributed by atoms with Gasteiger partial charge in [-0.2, -0.15) is 4.31 Å². The Hall–Kier alpha value is -2.42. The lowest BCUT2D eigenvalue weighted by Gasteiger charge is -2.30. The topological polar surface area (TPSA) is 75.7 Å². The lowest BCUT2D eigenvalue weighted by Crippen LogP contribution is -2.45. The van der Waals surface area contributed by atoms with E-state index in [4.69, 9.17) is 4.74 Å². The second-order valence-corrected chi connectivity index (χ2v) is 10.4. The summed E-state index contributed by atoms with van der Waals surface area (Å²) in [5.41, 5.74) is 0. The van der Waals surface area contributed by atoms with Crippen molar-refractivity contribution in [2.75, 3.05) is 26.2 Å². The molecule has 6 nitrogen and oxygen atoms in total. The molecule has 2 heterocycles. The third-order valence-corrected chi connectivity index (χ3v) is 8.49. The lowest BCUT2D eigenvalue weighted by atomic mass is 9.99. The lowest BCUT2D eigenvalue weighted by molar-refractivity contribution is -0.126.